The molecule has 7 aromatic rings. The number of aromatic nitrogens is 5. The zero-order valence-electron chi connectivity index (χ0n) is 28.7. The largest absolute Gasteiger partial charge is 0.494 e. The molecule has 0 aliphatic heterocycles. The second-order valence-electron chi connectivity index (χ2n) is 12.1. The van der Waals surface area contributed by atoms with E-state index in [1.165, 1.54) is 24.3 Å². The van der Waals surface area contributed by atoms with Crippen molar-refractivity contribution >= 4 is 21.9 Å². The summed E-state index contributed by atoms with van der Waals surface area (Å²) in [6.07, 6.45) is 3.42. The van der Waals surface area contributed by atoms with Crippen LogP contribution in [0.15, 0.2) is 117 Å². The number of hydrogen-bond acceptors (Lipinski definition) is 10. The number of benzene rings is 4. The quantitative estimate of drug-likeness (QED) is 0.108. The molecular formula is C40H36FN5O7. The van der Waals surface area contributed by atoms with Gasteiger partial charge in [0.2, 0.25) is 0 Å². The van der Waals surface area contributed by atoms with E-state index in [9.17, 15) is 14.0 Å². The summed E-state index contributed by atoms with van der Waals surface area (Å²) < 4.78 is 43.9. The molecule has 1 N–H and O–H groups in total. The molecule has 7 rings (SSSR count). The molecule has 13 heteroatoms. The molecule has 0 aliphatic carbocycles. The smallest absolute Gasteiger partial charge is 0.259 e. The van der Waals surface area contributed by atoms with Gasteiger partial charge >= 0.3 is 0 Å². The minimum Gasteiger partial charge on any atom is -0.494 e. The fourth-order valence-corrected chi connectivity index (χ4v) is 5.62. The maximum absolute atomic E-state index is 13.5. The van der Waals surface area contributed by atoms with Crippen molar-refractivity contribution in [3.63, 3.8) is 0 Å². The summed E-state index contributed by atoms with van der Waals surface area (Å²) >= 11 is 0. The van der Waals surface area contributed by atoms with E-state index < -0.39 is 5.82 Å². The van der Waals surface area contributed by atoms with Crippen molar-refractivity contribution in [1.29, 1.82) is 0 Å². The molecule has 270 valence electrons. The normalized spacial score (nSPS) is 11.3. The molecule has 0 aliphatic rings. The van der Waals surface area contributed by atoms with Gasteiger partial charge < -0.3 is 28.3 Å². The number of H-pyrrole nitrogens is 1. The van der Waals surface area contributed by atoms with Crippen LogP contribution in [0.25, 0.3) is 44.6 Å². The van der Waals surface area contributed by atoms with Crippen LogP contribution in [0.2, 0.25) is 0 Å². The molecule has 3 heterocycles. The summed E-state index contributed by atoms with van der Waals surface area (Å²) in [5, 5.41) is 9.19. The van der Waals surface area contributed by atoms with E-state index in [4.69, 9.17) is 23.4 Å². The number of ether oxygens (including phenoxy) is 4. The third kappa shape index (κ3) is 9.19. The van der Waals surface area contributed by atoms with Crippen LogP contribution < -0.4 is 20.5 Å². The van der Waals surface area contributed by atoms with Gasteiger partial charge in [0.05, 0.1) is 61.6 Å². The predicted molar refractivity (Wildman–Crippen MR) is 197 cm³/mol. The van der Waals surface area contributed by atoms with Crippen LogP contribution in [0, 0.1) is 5.82 Å². The highest BCUT2D eigenvalue weighted by molar-refractivity contribution is 5.80. The number of halogens is 1. The minimum atomic E-state index is -0.484. The predicted octanol–water partition coefficient (Wildman–Crippen LogP) is 6.22. The van der Waals surface area contributed by atoms with Gasteiger partial charge in [-0.05, 0) is 91.7 Å². The molecule has 0 fully saturated rings. The van der Waals surface area contributed by atoms with E-state index >= 15 is 0 Å². The lowest BCUT2D eigenvalue weighted by Crippen LogP contribution is -2.13. The molecule has 12 nitrogen and oxygen atoms in total. The average Bonchev–Trinajstić information content (AvgIpc) is 3.64. The Kier molecular flexibility index (Phi) is 11.2. The molecule has 0 unspecified atom stereocenters. The number of aryl methyl sites for hydroxylation is 1. The van der Waals surface area contributed by atoms with Crippen LogP contribution in [-0.4, -0.2) is 64.6 Å². The van der Waals surface area contributed by atoms with Crippen molar-refractivity contribution in [2.24, 2.45) is 0 Å². The van der Waals surface area contributed by atoms with E-state index in [0.717, 1.165) is 29.8 Å². The summed E-state index contributed by atoms with van der Waals surface area (Å²) in [5.74, 6) is 1.82. The van der Waals surface area contributed by atoms with Crippen molar-refractivity contribution in [1.82, 2.24) is 25.0 Å². The lowest BCUT2D eigenvalue weighted by Gasteiger charge is -2.09. The van der Waals surface area contributed by atoms with E-state index in [2.05, 4.69) is 20.3 Å². The van der Waals surface area contributed by atoms with Gasteiger partial charge in [0.15, 0.2) is 5.43 Å². The van der Waals surface area contributed by atoms with Gasteiger partial charge in [-0.25, -0.2) is 14.1 Å². The van der Waals surface area contributed by atoms with Crippen LogP contribution in [0.3, 0.4) is 0 Å². The summed E-state index contributed by atoms with van der Waals surface area (Å²) in [7, 11) is 0. The van der Waals surface area contributed by atoms with E-state index in [1.807, 2.05) is 48.7 Å². The molecule has 4 aromatic carbocycles. The first-order valence-corrected chi connectivity index (χ1v) is 17.2. The number of para-hydroxylation sites is 1. The molecule has 3 aromatic heterocycles. The zero-order chi connectivity index (χ0) is 36.4. The Morgan fingerprint density at radius 3 is 2.26 bits per heavy atom. The second-order valence-corrected chi connectivity index (χ2v) is 12.1. The standard InChI is InChI=1S/C40H36FN5O7/c41-29-11-16-37-34(24-29)36(47)25-38(53-37)27-7-12-32(13-8-27)52-23-22-50-21-20-49-19-17-46-26-30(44-45-46)4-3-18-51-31-14-9-28(10-15-31)39-42-35-6-2-1-5-33(35)40(48)43-39/h1-2,5-16,24-26H,3-4,17-23H2,(H,42,43,48). The number of aromatic amines is 1. The van der Waals surface area contributed by atoms with Gasteiger partial charge in [-0.1, -0.05) is 17.3 Å². The van der Waals surface area contributed by atoms with E-state index in [1.54, 1.807) is 35.0 Å². The topological polar surface area (TPSA) is 144 Å². The Hall–Kier alpha value is -6.18. The molecular weight excluding hydrogens is 681 g/mol. The van der Waals surface area contributed by atoms with Crippen LogP contribution in [0.4, 0.5) is 4.39 Å². The van der Waals surface area contributed by atoms with Gasteiger partial charge in [0.1, 0.15) is 41.1 Å². The molecule has 0 spiro atoms. The van der Waals surface area contributed by atoms with Crippen molar-refractivity contribution < 1.29 is 27.8 Å². The Bertz CT molecular complexity index is 2410. The van der Waals surface area contributed by atoms with Crippen molar-refractivity contribution in [3.8, 4) is 34.2 Å². The van der Waals surface area contributed by atoms with Gasteiger partial charge in [0, 0.05) is 23.4 Å². The van der Waals surface area contributed by atoms with E-state index in [-0.39, 0.29) is 16.4 Å². The van der Waals surface area contributed by atoms with Gasteiger partial charge in [0.25, 0.3) is 5.56 Å². The Morgan fingerprint density at radius 1 is 0.736 bits per heavy atom. The van der Waals surface area contributed by atoms with Crippen LogP contribution >= 0.6 is 0 Å². The number of hydrogen-bond donors (Lipinski definition) is 1. The Balaban J connectivity index is 0.736. The van der Waals surface area contributed by atoms with Gasteiger partial charge in [-0.2, -0.15) is 0 Å². The second kappa shape index (κ2) is 16.9. The molecule has 0 amide bonds. The van der Waals surface area contributed by atoms with Crippen molar-refractivity contribution in [2.45, 2.75) is 19.4 Å². The third-order valence-corrected chi connectivity index (χ3v) is 8.33. The fraction of sp³-hybridized carbons (Fsp3) is 0.225. The molecule has 0 saturated carbocycles. The summed E-state index contributed by atoms with van der Waals surface area (Å²) in [6, 6.07) is 27.2. The molecule has 0 radical (unpaired) electrons. The number of fused-ring (bicyclic) bond motifs is 2. The highest BCUT2D eigenvalue weighted by Crippen LogP contribution is 2.25. The maximum Gasteiger partial charge on any atom is 0.259 e. The average molecular weight is 718 g/mol. The lowest BCUT2D eigenvalue weighted by atomic mass is 10.1. The SMILES string of the molecule is O=c1[nH]c(-c2ccc(OCCCc3cn(CCOCCOCCOc4ccc(-c5cc(=O)c6cc(F)ccc6o5)cc4)nn3)cc2)nc2ccccc12. The Morgan fingerprint density at radius 2 is 1.45 bits per heavy atom. The monoisotopic (exact) mass is 717 g/mol. The first-order valence-electron chi connectivity index (χ1n) is 17.2. The molecule has 0 saturated heterocycles. The summed E-state index contributed by atoms with van der Waals surface area (Å²) in [5.41, 5.74) is 2.90. The summed E-state index contributed by atoms with van der Waals surface area (Å²) in [4.78, 5) is 32.2. The summed E-state index contributed by atoms with van der Waals surface area (Å²) in [6.45, 7) is 3.20. The fourth-order valence-electron chi connectivity index (χ4n) is 5.62. The third-order valence-electron chi connectivity index (χ3n) is 8.33. The highest BCUT2D eigenvalue weighted by Gasteiger charge is 2.09. The Labute approximate surface area is 302 Å². The molecule has 0 atom stereocenters. The van der Waals surface area contributed by atoms with Crippen LogP contribution in [-0.2, 0) is 22.4 Å². The first-order chi connectivity index (χ1) is 26.0. The van der Waals surface area contributed by atoms with Gasteiger partial charge in [-0.3, -0.25) is 9.59 Å². The van der Waals surface area contributed by atoms with Crippen LogP contribution in [0.5, 0.6) is 11.5 Å². The van der Waals surface area contributed by atoms with Crippen molar-refractivity contribution in [3.05, 3.63) is 135 Å². The van der Waals surface area contributed by atoms with Gasteiger partial charge in [-0.15, -0.1) is 5.10 Å². The van der Waals surface area contributed by atoms with E-state index in [0.29, 0.717) is 85.6 Å². The minimum absolute atomic E-state index is 0.165. The number of nitrogens with zero attached hydrogens (tertiary/aromatic N) is 4. The highest BCUT2D eigenvalue weighted by atomic mass is 19.1. The zero-order valence-corrected chi connectivity index (χ0v) is 28.7. The molecule has 0 bridgehead atoms. The van der Waals surface area contributed by atoms with Crippen LogP contribution in [0.1, 0.15) is 12.1 Å². The number of nitrogens with one attached hydrogen (secondary N) is 1. The number of rotatable bonds is 17. The van der Waals surface area contributed by atoms with Crippen molar-refractivity contribution in [2.75, 3.05) is 39.6 Å². The molecule has 53 heavy (non-hydrogen) atoms. The maximum atomic E-state index is 13.5. The first kappa shape index (κ1) is 35.2. The lowest BCUT2D eigenvalue weighted by molar-refractivity contribution is 0.0333.